The second-order valence-electron chi connectivity index (χ2n) is 4.41. The maximum atomic E-state index is 5.81. The van der Waals surface area contributed by atoms with E-state index < -0.39 is 0 Å². The highest BCUT2D eigenvalue weighted by Gasteiger charge is 2.33. The maximum Gasteiger partial charge on any atom is 0.141 e. The highest BCUT2D eigenvalue weighted by molar-refractivity contribution is 5.54. The quantitative estimate of drug-likeness (QED) is 0.568. The molecule has 2 aliphatic rings. The van der Waals surface area contributed by atoms with Crippen LogP contribution in [0.3, 0.4) is 0 Å². The van der Waals surface area contributed by atoms with Gasteiger partial charge in [-0.25, -0.2) is 10.8 Å². The van der Waals surface area contributed by atoms with Gasteiger partial charge in [0, 0.05) is 31.0 Å². The van der Waals surface area contributed by atoms with Crippen LogP contribution in [0.1, 0.15) is 12.8 Å². The number of pyridine rings is 1. The number of nitrogens with two attached hydrogens (primary N) is 1. The number of nitrogen functional groups attached to an aromatic ring is 1. The van der Waals surface area contributed by atoms with Crippen LogP contribution in [0.25, 0.3) is 0 Å². The smallest absolute Gasteiger partial charge is 0.141 e. The average molecular weight is 220 g/mol. The molecule has 2 saturated heterocycles. The Labute approximate surface area is 94.6 Å². The number of hydrogen-bond acceptors (Lipinski definition) is 5. The van der Waals surface area contributed by atoms with E-state index in [1.165, 1.54) is 18.5 Å². The number of nitrogens with zero attached hydrogens (tertiary/aromatic N) is 2. The van der Waals surface area contributed by atoms with E-state index in [9.17, 15) is 0 Å². The molecule has 2 aliphatic heterocycles. The van der Waals surface area contributed by atoms with Crippen molar-refractivity contribution in [3.05, 3.63) is 18.3 Å². The first-order valence-corrected chi connectivity index (χ1v) is 5.68. The fraction of sp³-hybridized carbons (Fsp3) is 0.545. The summed E-state index contributed by atoms with van der Waals surface area (Å²) in [5.74, 6) is 6.06. The minimum Gasteiger partial charge on any atom is -0.371 e. The average Bonchev–Trinajstić information content (AvgIpc) is 2.68. The van der Waals surface area contributed by atoms with Crippen molar-refractivity contribution in [2.24, 2.45) is 5.84 Å². The molecule has 3 heterocycles. The first-order valence-electron chi connectivity index (χ1n) is 5.68. The van der Waals surface area contributed by atoms with E-state index in [2.05, 4.69) is 15.3 Å². The number of aromatic nitrogens is 1. The Morgan fingerprint density at radius 2 is 2.12 bits per heavy atom. The molecule has 0 amide bonds. The second kappa shape index (κ2) is 3.92. The summed E-state index contributed by atoms with van der Waals surface area (Å²) in [5, 5.41) is 0. The minimum absolute atomic E-state index is 0.404. The normalized spacial score (nSPS) is 28.2. The first-order chi connectivity index (χ1) is 7.85. The molecule has 0 aromatic carbocycles. The van der Waals surface area contributed by atoms with Crippen LogP contribution in [-0.2, 0) is 4.74 Å². The minimum atomic E-state index is 0.404. The fourth-order valence-electron chi connectivity index (χ4n) is 2.52. The Balaban J connectivity index is 1.81. The van der Waals surface area contributed by atoms with E-state index in [4.69, 9.17) is 10.6 Å². The lowest BCUT2D eigenvalue weighted by Crippen LogP contribution is -2.42. The summed E-state index contributed by atoms with van der Waals surface area (Å²) in [7, 11) is 0. The molecule has 0 radical (unpaired) electrons. The van der Waals surface area contributed by atoms with Gasteiger partial charge >= 0.3 is 0 Å². The van der Waals surface area contributed by atoms with Crippen molar-refractivity contribution < 1.29 is 4.74 Å². The Bertz CT molecular complexity index is 372. The molecular formula is C11H16N4O. The molecule has 2 bridgehead atoms. The van der Waals surface area contributed by atoms with E-state index in [-0.39, 0.29) is 0 Å². The molecule has 0 spiro atoms. The van der Waals surface area contributed by atoms with Crippen molar-refractivity contribution >= 4 is 11.5 Å². The zero-order valence-corrected chi connectivity index (χ0v) is 9.10. The van der Waals surface area contributed by atoms with Gasteiger partial charge in [-0.3, -0.25) is 0 Å². The second-order valence-corrected chi connectivity index (χ2v) is 4.41. The molecule has 0 saturated carbocycles. The summed E-state index contributed by atoms with van der Waals surface area (Å²) in [6.07, 6.45) is 4.96. The third-order valence-corrected chi connectivity index (χ3v) is 3.30. The number of anilines is 2. The predicted octanol–water partition coefficient (Wildman–Crippen LogP) is 0.735. The number of hydrazine groups is 1. The number of nitrogens with one attached hydrogen (secondary N) is 1. The molecular weight excluding hydrogens is 204 g/mol. The molecule has 3 N–H and O–H groups in total. The standard InChI is InChI=1S/C11H16N4O/c12-14-11-5-8(3-4-13-11)15-6-9-1-2-10(7-15)16-9/h3-5,9-10H,1-2,6-7,12H2,(H,13,14). The monoisotopic (exact) mass is 220 g/mol. The van der Waals surface area contributed by atoms with Crippen molar-refractivity contribution in [3.63, 3.8) is 0 Å². The molecule has 5 heteroatoms. The molecule has 1 aromatic heterocycles. The zero-order chi connectivity index (χ0) is 11.0. The number of rotatable bonds is 2. The van der Waals surface area contributed by atoms with Crippen LogP contribution in [-0.4, -0.2) is 30.3 Å². The molecule has 86 valence electrons. The number of ether oxygens (including phenoxy) is 1. The van der Waals surface area contributed by atoms with Gasteiger partial charge in [-0.05, 0) is 18.9 Å². The van der Waals surface area contributed by atoms with Crippen LogP contribution in [0.15, 0.2) is 18.3 Å². The molecule has 2 unspecified atom stereocenters. The van der Waals surface area contributed by atoms with Crippen LogP contribution < -0.4 is 16.2 Å². The highest BCUT2D eigenvalue weighted by atomic mass is 16.5. The van der Waals surface area contributed by atoms with Crippen LogP contribution in [0.4, 0.5) is 11.5 Å². The Kier molecular flexibility index (Phi) is 2.41. The maximum absolute atomic E-state index is 5.81. The van der Waals surface area contributed by atoms with Gasteiger partial charge < -0.3 is 15.1 Å². The van der Waals surface area contributed by atoms with Gasteiger partial charge in [0.15, 0.2) is 0 Å². The largest absolute Gasteiger partial charge is 0.371 e. The molecule has 2 fully saturated rings. The van der Waals surface area contributed by atoms with Gasteiger partial charge in [-0.2, -0.15) is 0 Å². The van der Waals surface area contributed by atoms with Gasteiger partial charge in [-0.1, -0.05) is 0 Å². The van der Waals surface area contributed by atoms with E-state index in [1.54, 1.807) is 6.20 Å². The predicted molar refractivity (Wildman–Crippen MR) is 62.2 cm³/mol. The Morgan fingerprint density at radius 3 is 2.81 bits per heavy atom. The lowest BCUT2D eigenvalue weighted by Gasteiger charge is -2.33. The molecule has 5 nitrogen and oxygen atoms in total. The van der Waals surface area contributed by atoms with Gasteiger partial charge in [-0.15, -0.1) is 0 Å². The molecule has 1 aromatic rings. The summed E-state index contributed by atoms with van der Waals surface area (Å²) in [5.41, 5.74) is 3.75. The molecule has 16 heavy (non-hydrogen) atoms. The van der Waals surface area contributed by atoms with E-state index >= 15 is 0 Å². The first kappa shape index (κ1) is 9.86. The van der Waals surface area contributed by atoms with Crippen LogP contribution in [0.5, 0.6) is 0 Å². The lowest BCUT2D eigenvalue weighted by atomic mass is 10.2. The van der Waals surface area contributed by atoms with Crippen LogP contribution in [0, 0.1) is 0 Å². The van der Waals surface area contributed by atoms with Crippen molar-refractivity contribution in [1.29, 1.82) is 0 Å². The van der Waals surface area contributed by atoms with E-state index in [0.29, 0.717) is 18.0 Å². The van der Waals surface area contributed by atoms with Crippen LogP contribution >= 0.6 is 0 Å². The molecule has 0 aliphatic carbocycles. The number of hydrogen-bond donors (Lipinski definition) is 2. The third kappa shape index (κ3) is 1.72. The topological polar surface area (TPSA) is 63.4 Å². The van der Waals surface area contributed by atoms with Gasteiger partial charge in [0.2, 0.25) is 0 Å². The van der Waals surface area contributed by atoms with Crippen molar-refractivity contribution in [1.82, 2.24) is 4.98 Å². The van der Waals surface area contributed by atoms with E-state index in [1.807, 2.05) is 12.1 Å². The SMILES string of the molecule is NNc1cc(N2CC3CCC(C2)O3)ccn1. The fourth-order valence-corrected chi connectivity index (χ4v) is 2.52. The number of fused-ring (bicyclic) bond motifs is 2. The van der Waals surface area contributed by atoms with Crippen molar-refractivity contribution in [2.75, 3.05) is 23.4 Å². The Morgan fingerprint density at radius 1 is 1.38 bits per heavy atom. The zero-order valence-electron chi connectivity index (χ0n) is 9.10. The summed E-state index contributed by atoms with van der Waals surface area (Å²) >= 11 is 0. The summed E-state index contributed by atoms with van der Waals surface area (Å²) < 4.78 is 5.81. The van der Waals surface area contributed by atoms with Crippen molar-refractivity contribution in [3.8, 4) is 0 Å². The third-order valence-electron chi connectivity index (χ3n) is 3.30. The summed E-state index contributed by atoms with van der Waals surface area (Å²) in [4.78, 5) is 6.47. The van der Waals surface area contributed by atoms with Crippen LogP contribution in [0.2, 0.25) is 0 Å². The summed E-state index contributed by atoms with van der Waals surface area (Å²) in [6.45, 7) is 1.95. The summed E-state index contributed by atoms with van der Waals surface area (Å²) in [6, 6.07) is 4.00. The molecule has 3 rings (SSSR count). The highest BCUT2D eigenvalue weighted by Crippen LogP contribution is 2.29. The van der Waals surface area contributed by atoms with Crippen molar-refractivity contribution in [2.45, 2.75) is 25.0 Å². The number of morpholine rings is 1. The Hall–Kier alpha value is -1.33. The lowest BCUT2D eigenvalue weighted by molar-refractivity contribution is 0.0305. The van der Waals surface area contributed by atoms with E-state index in [0.717, 1.165) is 13.1 Å². The molecule has 2 atom stereocenters. The van der Waals surface area contributed by atoms with Gasteiger partial charge in [0.25, 0.3) is 0 Å². The van der Waals surface area contributed by atoms with Gasteiger partial charge in [0.05, 0.1) is 12.2 Å². The van der Waals surface area contributed by atoms with Gasteiger partial charge in [0.1, 0.15) is 5.82 Å².